The van der Waals surface area contributed by atoms with Crippen LogP contribution < -0.4 is 9.46 Å². The van der Waals surface area contributed by atoms with E-state index in [1.807, 2.05) is 0 Å². The van der Waals surface area contributed by atoms with Crippen LogP contribution in [0.2, 0.25) is 0 Å². The number of carbonyl (C=O) groups is 1. The second kappa shape index (κ2) is 5.17. The number of sulfonamides is 1. The maximum atomic E-state index is 12.2. The summed E-state index contributed by atoms with van der Waals surface area (Å²) in [4.78, 5) is 15.9. The van der Waals surface area contributed by atoms with Crippen molar-refractivity contribution in [1.82, 2.24) is 9.71 Å². The van der Waals surface area contributed by atoms with E-state index < -0.39 is 21.8 Å². The monoisotopic (exact) mass is 304 g/mol. The number of benzene rings is 1. The van der Waals surface area contributed by atoms with Crippen LogP contribution >= 0.6 is 0 Å². The van der Waals surface area contributed by atoms with Gasteiger partial charge in [0.15, 0.2) is 0 Å². The number of pyridine rings is 1. The number of nitrogens with one attached hydrogen (secondary N) is 1. The zero-order valence-corrected chi connectivity index (χ0v) is 11.7. The van der Waals surface area contributed by atoms with Gasteiger partial charge >= 0.3 is 0 Å². The van der Waals surface area contributed by atoms with Gasteiger partial charge in [0.05, 0.1) is 0 Å². The van der Waals surface area contributed by atoms with Crippen LogP contribution in [0.3, 0.4) is 0 Å². The molecule has 0 unspecified atom stereocenters. The quantitative estimate of drug-likeness (QED) is 0.916. The third-order valence-corrected chi connectivity index (χ3v) is 4.53. The lowest BCUT2D eigenvalue weighted by atomic mass is 10.0. The molecule has 108 valence electrons. The Kier molecular flexibility index (Phi) is 3.34. The van der Waals surface area contributed by atoms with Crippen LogP contribution in [-0.4, -0.2) is 25.9 Å². The normalized spacial score (nSPS) is 16.9. The first-order chi connectivity index (χ1) is 10.1. The summed E-state index contributed by atoms with van der Waals surface area (Å²) < 4.78 is 31.7. The van der Waals surface area contributed by atoms with Gasteiger partial charge in [-0.1, -0.05) is 18.2 Å². The van der Waals surface area contributed by atoms with Gasteiger partial charge in [-0.3, -0.25) is 9.78 Å². The molecule has 1 amide bonds. The summed E-state index contributed by atoms with van der Waals surface area (Å²) in [6.45, 7) is 0.133. The minimum Gasteiger partial charge on any atom is -0.492 e. The second-order valence-electron chi connectivity index (χ2n) is 4.56. The molecule has 1 aromatic carbocycles. The van der Waals surface area contributed by atoms with Crippen molar-refractivity contribution in [3.63, 3.8) is 0 Å². The van der Waals surface area contributed by atoms with E-state index in [2.05, 4.69) is 9.71 Å². The number of para-hydroxylation sites is 1. The van der Waals surface area contributed by atoms with Crippen LogP contribution in [-0.2, 0) is 14.8 Å². The highest BCUT2D eigenvalue weighted by molar-refractivity contribution is 7.90. The zero-order chi connectivity index (χ0) is 14.9. The van der Waals surface area contributed by atoms with Gasteiger partial charge < -0.3 is 4.74 Å². The molecule has 1 atom stereocenters. The van der Waals surface area contributed by atoms with E-state index in [0.29, 0.717) is 11.3 Å². The molecule has 1 N–H and O–H groups in total. The Labute approximate surface area is 121 Å². The SMILES string of the molecule is O=C(NS(=O)(=O)c1cccnc1)[C@@H]1COc2ccccc21. The molecule has 2 aromatic rings. The van der Waals surface area contributed by atoms with Crippen LogP contribution in [0.25, 0.3) is 0 Å². The molecule has 0 fully saturated rings. The first-order valence-electron chi connectivity index (χ1n) is 6.26. The Morgan fingerprint density at radius 3 is 2.81 bits per heavy atom. The highest BCUT2D eigenvalue weighted by Gasteiger charge is 2.32. The minimum absolute atomic E-state index is 0.0504. The van der Waals surface area contributed by atoms with Gasteiger partial charge in [0.1, 0.15) is 23.2 Å². The van der Waals surface area contributed by atoms with Crippen molar-refractivity contribution >= 4 is 15.9 Å². The van der Waals surface area contributed by atoms with E-state index in [9.17, 15) is 13.2 Å². The summed E-state index contributed by atoms with van der Waals surface area (Å²) in [5.74, 6) is -0.632. The lowest BCUT2D eigenvalue weighted by Gasteiger charge is -2.10. The molecule has 0 saturated carbocycles. The number of nitrogens with zero attached hydrogens (tertiary/aromatic N) is 1. The van der Waals surface area contributed by atoms with E-state index in [-0.39, 0.29) is 11.5 Å². The molecule has 6 nitrogen and oxygen atoms in total. The topological polar surface area (TPSA) is 85.4 Å². The van der Waals surface area contributed by atoms with Crippen molar-refractivity contribution in [2.45, 2.75) is 10.8 Å². The van der Waals surface area contributed by atoms with Crippen LogP contribution in [0.5, 0.6) is 5.75 Å². The fraction of sp³-hybridized carbons (Fsp3) is 0.143. The maximum Gasteiger partial charge on any atom is 0.265 e. The number of carbonyl (C=O) groups excluding carboxylic acids is 1. The first-order valence-corrected chi connectivity index (χ1v) is 7.75. The summed E-state index contributed by atoms with van der Waals surface area (Å²) in [7, 11) is -3.92. The van der Waals surface area contributed by atoms with Crippen LogP contribution in [0.4, 0.5) is 0 Å². The molecule has 21 heavy (non-hydrogen) atoms. The van der Waals surface area contributed by atoms with Crippen molar-refractivity contribution in [3.8, 4) is 5.75 Å². The molecular weight excluding hydrogens is 292 g/mol. The zero-order valence-electron chi connectivity index (χ0n) is 10.9. The van der Waals surface area contributed by atoms with E-state index in [1.54, 1.807) is 24.3 Å². The van der Waals surface area contributed by atoms with Crippen molar-refractivity contribution in [2.24, 2.45) is 0 Å². The van der Waals surface area contributed by atoms with Gasteiger partial charge in [0.2, 0.25) is 5.91 Å². The van der Waals surface area contributed by atoms with Crippen LogP contribution in [0.15, 0.2) is 53.7 Å². The Morgan fingerprint density at radius 1 is 1.24 bits per heavy atom. The van der Waals surface area contributed by atoms with Gasteiger partial charge in [-0.25, -0.2) is 13.1 Å². The first kappa shape index (κ1) is 13.6. The molecule has 0 saturated heterocycles. The number of ether oxygens (including phenoxy) is 1. The largest absolute Gasteiger partial charge is 0.492 e. The predicted molar refractivity (Wildman–Crippen MR) is 74.2 cm³/mol. The van der Waals surface area contributed by atoms with Crippen molar-refractivity contribution < 1.29 is 17.9 Å². The molecular formula is C14H12N2O4S. The maximum absolute atomic E-state index is 12.2. The molecule has 2 heterocycles. The van der Waals surface area contributed by atoms with E-state index in [0.717, 1.165) is 0 Å². The molecule has 1 aliphatic rings. The molecule has 0 bridgehead atoms. The summed E-state index contributed by atoms with van der Waals surface area (Å²) >= 11 is 0. The smallest absolute Gasteiger partial charge is 0.265 e. The Balaban J connectivity index is 1.82. The Hall–Kier alpha value is -2.41. The van der Waals surface area contributed by atoms with Gasteiger partial charge in [-0.2, -0.15) is 0 Å². The summed E-state index contributed by atoms with van der Waals surface area (Å²) in [6.07, 6.45) is 2.65. The molecule has 1 aliphatic heterocycles. The number of aromatic nitrogens is 1. The van der Waals surface area contributed by atoms with E-state index in [4.69, 9.17) is 4.74 Å². The molecule has 1 aromatic heterocycles. The number of rotatable bonds is 3. The average molecular weight is 304 g/mol. The fourth-order valence-electron chi connectivity index (χ4n) is 2.15. The van der Waals surface area contributed by atoms with Gasteiger partial charge in [-0.05, 0) is 18.2 Å². The Bertz CT molecular complexity index is 775. The number of fused-ring (bicyclic) bond motifs is 1. The molecule has 0 radical (unpaired) electrons. The average Bonchev–Trinajstić information content (AvgIpc) is 2.92. The number of hydrogen-bond acceptors (Lipinski definition) is 5. The summed E-state index contributed by atoms with van der Waals surface area (Å²) in [5, 5.41) is 0. The van der Waals surface area contributed by atoms with Gasteiger partial charge in [0, 0.05) is 18.0 Å². The third kappa shape index (κ3) is 2.59. The molecule has 0 spiro atoms. The lowest BCUT2D eigenvalue weighted by Crippen LogP contribution is -2.35. The number of hydrogen-bond donors (Lipinski definition) is 1. The van der Waals surface area contributed by atoms with Crippen molar-refractivity contribution in [1.29, 1.82) is 0 Å². The van der Waals surface area contributed by atoms with Crippen LogP contribution in [0.1, 0.15) is 11.5 Å². The Morgan fingerprint density at radius 2 is 2.05 bits per heavy atom. The minimum atomic E-state index is -3.92. The molecule has 3 rings (SSSR count). The fourth-order valence-corrected chi connectivity index (χ4v) is 3.13. The van der Waals surface area contributed by atoms with Crippen molar-refractivity contribution in [2.75, 3.05) is 6.61 Å². The molecule has 7 heteroatoms. The van der Waals surface area contributed by atoms with Crippen molar-refractivity contribution in [3.05, 3.63) is 54.4 Å². The number of amides is 1. The van der Waals surface area contributed by atoms with Crippen LogP contribution in [0, 0.1) is 0 Å². The molecule has 0 aliphatic carbocycles. The second-order valence-corrected chi connectivity index (χ2v) is 6.24. The summed E-state index contributed by atoms with van der Waals surface area (Å²) in [6, 6.07) is 9.95. The highest BCUT2D eigenvalue weighted by atomic mass is 32.2. The van der Waals surface area contributed by atoms with E-state index >= 15 is 0 Å². The highest BCUT2D eigenvalue weighted by Crippen LogP contribution is 2.33. The lowest BCUT2D eigenvalue weighted by molar-refractivity contribution is -0.120. The van der Waals surface area contributed by atoms with Gasteiger partial charge in [-0.15, -0.1) is 0 Å². The van der Waals surface area contributed by atoms with Gasteiger partial charge in [0.25, 0.3) is 10.0 Å². The van der Waals surface area contributed by atoms with E-state index in [1.165, 1.54) is 24.5 Å². The standard InChI is InChI=1S/C14H12N2O4S/c17-14(12-9-20-13-6-2-1-5-11(12)13)16-21(18,19)10-4-3-7-15-8-10/h1-8,12H,9H2,(H,16,17)/t12-/m1/s1. The summed E-state index contributed by atoms with van der Waals surface area (Å²) in [5.41, 5.74) is 0.691. The predicted octanol–water partition coefficient (Wildman–Crippen LogP) is 1.06. The third-order valence-electron chi connectivity index (χ3n) is 3.20.